The Morgan fingerprint density at radius 2 is 2.20 bits per heavy atom. The first kappa shape index (κ1) is 12.8. The van der Waals surface area contributed by atoms with Crippen molar-refractivity contribution in [2.24, 2.45) is 0 Å². The summed E-state index contributed by atoms with van der Waals surface area (Å²) < 4.78 is 6.32. The zero-order valence-corrected chi connectivity index (χ0v) is 11.7. The van der Waals surface area contributed by atoms with E-state index in [9.17, 15) is 4.79 Å². The average molecular weight is 313 g/mol. The molecule has 6 heteroatoms. The van der Waals surface area contributed by atoms with Crippen molar-refractivity contribution in [2.75, 3.05) is 0 Å². The Kier molecular flexibility index (Phi) is 4.03. The second-order valence-corrected chi connectivity index (χ2v) is 6.99. The third-order valence-corrected chi connectivity index (χ3v) is 3.13. The van der Waals surface area contributed by atoms with Gasteiger partial charge in [0.2, 0.25) is 0 Å². The van der Waals surface area contributed by atoms with Gasteiger partial charge in [-0.3, -0.25) is 0 Å². The molecule has 0 aliphatic rings. The Labute approximate surface area is 106 Å². The minimum atomic E-state index is -0.505. The molecule has 0 fully saturated rings. The number of hydrogen-bond donors (Lipinski definition) is 1. The average Bonchev–Trinajstić information content (AvgIpc) is 2.25. The number of halogens is 2. The summed E-state index contributed by atoms with van der Waals surface area (Å²) in [6.07, 6.45) is -0.505. The molecule has 0 saturated carbocycles. The Bertz CT molecular complexity index is 373. The summed E-state index contributed by atoms with van der Waals surface area (Å²) in [5.41, 5.74) is -0.323. The van der Waals surface area contributed by atoms with Crippen LogP contribution in [-0.4, -0.2) is 11.6 Å². The zero-order valence-electron chi connectivity index (χ0n) is 8.56. The van der Waals surface area contributed by atoms with Crippen LogP contribution in [0.15, 0.2) is 9.85 Å². The highest BCUT2D eigenvalue weighted by atomic mass is 79.9. The van der Waals surface area contributed by atoms with Crippen molar-refractivity contribution in [3.63, 3.8) is 0 Å². The molecule has 0 atom stereocenters. The van der Waals surface area contributed by atoms with Gasteiger partial charge in [-0.25, -0.2) is 4.79 Å². The first-order valence-electron chi connectivity index (χ1n) is 4.23. The van der Waals surface area contributed by atoms with Crippen LogP contribution in [-0.2, 0) is 0 Å². The first-order valence-corrected chi connectivity index (χ1v) is 6.21. The fraction of sp³-hybridized carbons (Fsp3) is 0.444. The lowest BCUT2D eigenvalue weighted by Crippen LogP contribution is -2.42. The van der Waals surface area contributed by atoms with E-state index in [1.54, 1.807) is 6.07 Å². The molecule has 0 spiro atoms. The van der Waals surface area contributed by atoms with Crippen LogP contribution in [0.3, 0.4) is 0 Å². The molecule has 0 aliphatic heterocycles. The molecule has 15 heavy (non-hydrogen) atoms. The molecule has 1 rings (SSSR count). The number of amides is 1. The van der Waals surface area contributed by atoms with Gasteiger partial charge < -0.3 is 10.1 Å². The standard InChI is InChI=1S/C9H11BrClNO2S/c1-9(2,3)12-8(13)14-5-4-6(10)15-7(5)11/h4H,1-3H3,(H,12,13). The Morgan fingerprint density at radius 3 is 2.60 bits per heavy atom. The van der Waals surface area contributed by atoms with E-state index in [4.69, 9.17) is 16.3 Å². The van der Waals surface area contributed by atoms with Gasteiger partial charge in [-0.05, 0) is 36.7 Å². The minimum Gasteiger partial charge on any atom is -0.408 e. The Morgan fingerprint density at radius 1 is 1.60 bits per heavy atom. The number of ether oxygens (including phenoxy) is 1. The van der Waals surface area contributed by atoms with Crippen molar-refractivity contribution in [1.82, 2.24) is 5.32 Å². The fourth-order valence-electron chi connectivity index (χ4n) is 0.826. The van der Waals surface area contributed by atoms with Crippen LogP contribution in [0.5, 0.6) is 5.75 Å². The van der Waals surface area contributed by atoms with Crippen LogP contribution in [0.1, 0.15) is 20.8 Å². The van der Waals surface area contributed by atoms with E-state index in [-0.39, 0.29) is 5.54 Å². The lowest BCUT2D eigenvalue weighted by atomic mass is 10.1. The maximum absolute atomic E-state index is 11.4. The second kappa shape index (κ2) is 4.72. The smallest absolute Gasteiger partial charge is 0.408 e. The summed E-state index contributed by atoms with van der Waals surface area (Å²) in [6, 6.07) is 1.66. The van der Waals surface area contributed by atoms with Gasteiger partial charge in [0.25, 0.3) is 0 Å². The number of thiophene rings is 1. The quantitative estimate of drug-likeness (QED) is 0.849. The van der Waals surface area contributed by atoms with Crippen molar-refractivity contribution in [3.05, 3.63) is 14.2 Å². The lowest BCUT2D eigenvalue weighted by Gasteiger charge is -2.19. The monoisotopic (exact) mass is 311 g/mol. The molecule has 0 aromatic carbocycles. The molecule has 0 saturated heterocycles. The number of carbonyl (C=O) groups excluding carboxylic acids is 1. The third-order valence-electron chi connectivity index (χ3n) is 1.31. The van der Waals surface area contributed by atoms with Crippen LogP contribution in [0.2, 0.25) is 4.34 Å². The predicted molar refractivity (Wildman–Crippen MR) is 65.9 cm³/mol. The van der Waals surface area contributed by atoms with Gasteiger partial charge in [0.1, 0.15) is 4.34 Å². The highest BCUT2D eigenvalue weighted by Gasteiger charge is 2.17. The van der Waals surface area contributed by atoms with Gasteiger partial charge >= 0.3 is 6.09 Å². The highest BCUT2D eigenvalue weighted by Crippen LogP contribution is 2.37. The summed E-state index contributed by atoms with van der Waals surface area (Å²) in [5.74, 6) is 0.371. The van der Waals surface area contributed by atoms with Gasteiger partial charge in [-0.2, -0.15) is 0 Å². The van der Waals surface area contributed by atoms with Crippen molar-refractivity contribution < 1.29 is 9.53 Å². The van der Waals surface area contributed by atoms with Crippen LogP contribution < -0.4 is 10.1 Å². The minimum absolute atomic E-state index is 0.323. The van der Waals surface area contributed by atoms with Crippen LogP contribution in [0.25, 0.3) is 0 Å². The van der Waals surface area contributed by atoms with Crippen molar-refractivity contribution in [2.45, 2.75) is 26.3 Å². The highest BCUT2D eigenvalue weighted by molar-refractivity contribution is 9.11. The molecule has 1 amide bonds. The number of carbonyl (C=O) groups is 1. The first-order chi connectivity index (χ1) is 6.78. The van der Waals surface area contributed by atoms with Crippen LogP contribution in [0, 0.1) is 0 Å². The SMILES string of the molecule is CC(C)(C)NC(=O)Oc1cc(Br)sc1Cl. The molecule has 0 unspecified atom stereocenters. The number of nitrogens with one attached hydrogen (secondary N) is 1. The van der Waals surface area contributed by atoms with E-state index in [1.165, 1.54) is 11.3 Å². The number of rotatable bonds is 1. The van der Waals surface area contributed by atoms with Gasteiger partial charge in [0.15, 0.2) is 5.75 Å². The summed E-state index contributed by atoms with van der Waals surface area (Å²) in [5, 5.41) is 2.67. The van der Waals surface area contributed by atoms with E-state index < -0.39 is 6.09 Å². The molecule has 1 heterocycles. The van der Waals surface area contributed by atoms with Crippen LogP contribution >= 0.6 is 38.9 Å². The zero-order chi connectivity index (χ0) is 11.6. The largest absolute Gasteiger partial charge is 0.413 e. The number of hydrogen-bond acceptors (Lipinski definition) is 3. The van der Waals surface area contributed by atoms with E-state index in [1.807, 2.05) is 20.8 Å². The molecule has 0 radical (unpaired) electrons. The van der Waals surface area contributed by atoms with E-state index in [0.717, 1.165) is 3.79 Å². The van der Waals surface area contributed by atoms with E-state index >= 15 is 0 Å². The second-order valence-electron chi connectivity index (χ2n) is 3.95. The van der Waals surface area contributed by atoms with Gasteiger partial charge in [-0.15, -0.1) is 11.3 Å². The Hall–Kier alpha value is -0.260. The molecule has 1 N–H and O–H groups in total. The maximum Gasteiger partial charge on any atom is 0.413 e. The molecule has 1 aromatic heterocycles. The molecule has 1 aromatic rings. The van der Waals surface area contributed by atoms with Crippen molar-refractivity contribution >= 4 is 45.0 Å². The maximum atomic E-state index is 11.4. The van der Waals surface area contributed by atoms with Gasteiger partial charge in [0.05, 0.1) is 3.79 Å². The van der Waals surface area contributed by atoms with Crippen molar-refractivity contribution in [1.29, 1.82) is 0 Å². The van der Waals surface area contributed by atoms with Crippen LogP contribution in [0.4, 0.5) is 4.79 Å². The molecular weight excluding hydrogens is 302 g/mol. The molecule has 3 nitrogen and oxygen atoms in total. The molecule has 84 valence electrons. The summed E-state index contributed by atoms with van der Waals surface area (Å²) in [7, 11) is 0. The predicted octanol–water partition coefficient (Wildman–Crippen LogP) is 4.05. The third kappa shape index (κ3) is 4.40. The molecular formula is C9H11BrClNO2S. The summed E-state index contributed by atoms with van der Waals surface area (Å²) in [6.45, 7) is 5.62. The topological polar surface area (TPSA) is 38.3 Å². The van der Waals surface area contributed by atoms with Gasteiger partial charge in [0, 0.05) is 11.6 Å². The van der Waals surface area contributed by atoms with E-state index in [2.05, 4.69) is 21.2 Å². The summed E-state index contributed by atoms with van der Waals surface area (Å²) in [4.78, 5) is 11.4. The lowest BCUT2D eigenvalue weighted by molar-refractivity contribution is 0.191. The van der Waals surface area contributed by atoms with E-state index in [0.29, 0.717) is 10.1 Å². The fourth-order valence-corrected chi connectivity index (χ4v) is 2.68. The normalized spacial score (nSPS) is 11.3. The van der Waals surface area contributed by atoms with Gasteiger partial charge in [-0.1, -0.05) is 11.6 Å². The summed E-state index contributed by atoms with van der Waals surface area (Å²) >= 11 is 10.4. The Balaban J connectivity index is 2.63. The molecule has 0 aliphatic carbocycles. The molecule has 0 bridgehead atoms. The van der Waals surface area contributed by atoms with Crippen molar-refractivity contribution in [3.8, 4) is 5.75 Å².